The van der Waals surface area contributed by atoms with Crippen molar-refractivity contribution in [2.24, 2.45) is 5.92 Å². The Morgan fingerprint density at radius 1 is 1.43 bits per heavy atom. The van der Waals surface area contributed by atoms with Crippen molar-refractivity contribution in [1.29, 1.82) is 0 Å². The largest absolute Gasteiger partial charge is 0.359 e. The van der Waals surface area contributed by atoms with E-state index in [1.807, 2.05) is 13.8 Å². The molecule has 0 heterocycles. The Morgan fingerprint density at radius 3 is 2.43 bits per heavy atom. The zero-order chi connectivity index (χ0) is 11.1. The zero-order valence-electron chi connectivity index (χ0n) is 8.95. The van der Waals surface area contributed by atoms with Crippen molar-refractivity contribution in [3.8, 4) is 0 Å². The van der Waals surface area contributed by atoms with Gasteiger partial charge in [-0.15, -0.1) is 0 Å². The first-order valence-corrected chi connectivity index (χ1v) is 5.02. The molecule has 0 aromatic rings. The molecule has 2 atom stereocenters. The lowest BCUT2D eigenvalue weighted by Gasteiger charge is -2.10. The summed E-state index contributed by atoms with van der Waals surface area (Å²) in [6.45, 7) is 4.00. The summed E-state index contributed by atoms with van der Waals surface area (Å²) in [5, 5.41) is 12.9. The van der Waals surface area contributed by atoms with Gasteiger partial charge in [0.25, 0.3) is 0 Å². The molecule has 0 aliphatic heterocycles. The molecule has 0 radical (unpaired) electrons. The Bertz CT molecular complexity index is 206. The van der Waals surface area contributed by atoms with E-state index in [0.29, 0.717) is 12.8 Å². The second-order valence-corrected chi connectivity index (χ2v) is 3.00. The highest BCUT2D eigenvalue weighted by Gasteiger charge is 2.40. The highest BCUT2D eigenvalue weighted by atomic mass is 16.6. The van der Waals surface area contributed by atoms with Gasteiger partial charge in [-0.05, 0) is 12.8 Å². The average Bonchev–Trinajstić information content (AvgIpc) is 2.68. The van der Waals surface area contributed by atoms with Crippen molar-refractivity contribution in [2.45, 2.75) is 39.2 Å². The fourth-order valence-electron chi connectivity index (χ4n) is 1.68. The molecule has 0 aromatic carbocycles. The number of carbonyl (C=O) groups excluding carboxylic acids is 1. The Morgan fingerprint density at radius 2 is 2.00 bits per heavy atom. The first-order chi connectivity index (χ1) is 6.66. The van der Waals surface area contributed by atoms with Gasteiger partial charge in [0.2, 0.25) is 11.9 Å². The molecule has 82 valence electrons. The van der Waals surface area contributed by atoms with E-state index in [1.54, 1.807) is 0 Å². The van der Waals surface area contributed by atoms with Gasteiger partial charge in [0.15, 0.2) is 0 Å². The van der Waals surface area contributed by atoms with Crippen molar-refractivity contribution in [1.82, 2.24) is 5.32 Å². The van der Waals surface area contributed by atoms with Crippen molar-refractivity contribution in [3.63, 3.8) is 0 Å². The Labute approximate surface area is 84.0 Å². The summed E-state index contributed by atoms with van der Waals surface area (Å²) in [4.78, 5) is 21.2. The fourth-order valence-corrected chi connectivity index (χ4v) is 1.68. The lowest BCUT2D eigenvalue weighted by atomic mass is 10.0. The molecule has 1 aliphatic rings. The normalized spacial score (nSPS) is 24.8. The minimum Gasteiger partial charge on any atom is -0.359 e. The Kier molecular flexibility index (Phi) is 5.83. The van der Waals surface area contributed by atoms with E-state index in [2.05, 4.69) is 5.32 Å². The predicted molar refractivity (Wildman–Crippen MR) is 53.5 cm³/mol. The molecule has 5 heteroatoms. The third-order valence-electron chi connectivity index (χ3n) is 2.33. The van der Waals surface area contributed by atoms with Crippen molar-refractivity contribution in [3.05, 3.63) is 10.1 Å². The first kappa shape index (κ1) is 12.9. The average molecular weight is 202 g/mol. The van der Waals surface area contributed by atoms with Gasteiger partial charge < -0.3 is 5.32 Å². The number of hydrogen-bond donors (Lipinski definition) is 1. The second kappa shape index (κ2) is 6.34. The van der Waals surface area contributed by atoms with Crippen LogP contribution in [-0.2, 0) is 4.79 Å². The lowest BCUT2D eigenvalue weighted by Crippen LogP contribution is -2.36. The standard InChI is InChI=1S/C7H12N2O3.C2H6/c1-8-7(10)5-3-2-4-6(5)9(11)12;1-2/h5-6H,2-4H2,1H3,(H,8,10);1-2H3. The molecular formula is C9H18N2O3. The molecule has 14 heavy (non-hydrogen) atoms. The molecule has 1 aliphatic carbocycles. The number of rotatable bonds is 2. The van der Waals surface area contributed by atoms with Crippen LogP contribution in [-0.4, -0.2) is 23.9 Å². The van der Waals surface area contributed by atoms with E-state index in [-0.39, 0.29) is 10.8 Å². The number of nitrogens with one attached hydrogen (secondary N) is 1. The van der Waals surface area contributed by atoms with Crippen LogP contribution in [0.15, 0.2) is 0 Å². The minimum absolute atomic E-state index is 0.200. The minimum atomic E-state index is -0.662. The fraction of sp³-hybridized carbons (Fsp3) is 0.889. The highest BCUT2D eigenvalue weighted by Crippen LogP contribution is 2.27. The molecule has 2 unspecified atom stereocenters. The molecule has 0 aromatic heterocycles. The van der Waals surface area contributed by atoms with Crippen LogP contribution in [0.3, 0.4) is 0 Å². The number of nitro groups is 1. The quantitative estimate of drug-likeness (QED) is 0.540. The summed E-state index contributed by atoms with van der Waals surface area (Å²) >= 11 is 0. The van der Waals surface area contributed by atoms with Gasteiger partial charge in [-0.1, -0.05) is 13.8 Å². The van der Waals surface area contributed by atoms with E-state index in [9.17, 15) is 14.9 Å². The molecule has 1 saturated carbocycles. The van der Waals surface area contributed by atoms with E-state index >= 15 is 0 Å². The zero-order valence-corrected chi connectivity index (χ0v) is 8.95. The Hall–Kier alpha value is -1.13. The lowest BCUT2D eigenvalue weighted by molar-refractivity contribution is -0.525. The van der Waals surface area contributed by atoms with Crippen LogP contribution in [0, 0.1) is 16.0 Å². The van der Waals surface area contributed by atoms with E-state index < -0.39 is 12.0 Å². The summed E-state index contributed by atoms with van der Waals surface area (Å²) < 4.78 is 0. The summed E-state index contributed by atoms with van der Waals surface area (Å²) in [6.07, 6.45) is 1.96. The molecule has 0 saturated heterocycles. The molecule has 1 N–H and O–H groups in total. The second-order valence-electron chi connectivity index (χ2n) is 3.00. The maximum absolute atomic E-state index is 11.1. The molecule has 1 amide bonds. The number of amides is 1. The number of carbonyl (C=O) groups is 1. The van der Waals surface area contributed by atoms with E-state index in [1.165, 1.54) is 7.05 Å². The molecule has 0 spiro atoms. The van der Waals surface area contributed by atoms with Gasteiger partial charge in [-0.25, -0.2) is 0 Å². The van der Waals surface area contributed by atoms with Crippen molar-refractivity contribution >= 4 is 5.91 Å². The van der Waals surface area contributed by atoms with Gasteiger partial charge >= 0.3 is 0 Å². The van der Waals surface area contributed by atoms with Gasteiger partial charge in [0, 0.05) is 18.4 Å². The van der Waals surface area contributed by atoms with Crippen molar-refractivity contribution in [2.75, 3.05) is 7.05 Å². The third kappa shape index (κ3) is 2.97. The summed E-state index contributed by atoms with van der Waals surface area (Å²) in [5.74, 6) is -0.612. The summed E-state index contributed by atoms with van der Waals surface area (Å²) in [5.41, 5.74) is 0. The van der Waals surface area contributed by atoms with Crippen LogP contribution in [0.1, 0.15) is 33.1 Å². The predicted octanol–water partition coefficient (Wildman–Crippen LogP) is 1.20. The smallest absolute Gasteiger partial charge is 0.229 e. The molecule has 5 nitrogen and oxygen atoms in total. The van der Waals surface area contributed by atoms with Crippen LogP contribution >= 0.6 is 0 Å². The van der Waals surface area contributed by atoms with Gasteiger partial charge in [0.05, 0.1) is 0 Å². The van der Waals surface area contributed by atoms with Crippen LogP contribution in [0.5, 0.6) is 0 Å². The SMILES string of the molecule is CC.CNC(=O)C1CCCC1[N+](=O)[O-]. The topological polar surface area (TPSA) is 72.2 Å². The van der Waals surface area contributed by atoms with Crippen LogP contribution in [0.2, 0.25) is 0 Å². The van der Waals surface area contributed by atoms with Gasteiger partial charge in [0.1, 0.15) is 5.92 Å². The number of hydrogen-bond acceptors (Lipinski definition) is 3. The highest BCUT2D eigenvalue weighted by molar-refractivity contribution is 5.79. The Balaban J connectivity index is 0.000000791. The molecule has 0 bridgehead atoms. The van der Waals surface area contributed by atoms with E-state index in [0.717, 1.165) is 6.42 Å². The van der Waals surface area contributed by atoms with Gasteiger partial charge in [-0.3, -0.25) is 14.9 Å². The number of nitrogens with zero attached hydrogens (tertiary/aromatic N) is 1. The molecule has 1 rings (SSSR count). The summed E-state index contributed by atoms with van der Waals surface area (Å²) in [7, 11) is 1.51. The maximum atomic E-state index is 11.1. The molecular weight excluding hydrogens is 184 g/mol. The van der Waals surface area contributed by atoms with Gasteiger partial charge in [-0.2, -0.15) is 0 Å². The van der Waals surface area contributed by atoms with Crippen LogP contribution in [0.4, 0.5) is 0 Å². The van der Waals surface area contributed by atoms with Crippen LogP contribution in [0.25, 0.3) is 0 Å². The van der Waals surface area contributed by atoms with E-state index in [4.69, 9.17) is 0 Å². The van der Waals surface area contributed by atoms with Crippen molar-refractivity contribution < 1.29 is 9.72 Å². The maximum Gasteiger partial charge on any atom is 0.229 e. The monoisotopic (exact) mass is 202 g/mol. The molecule has 1 fully saturated rings. The third-order valence-corrected chi connectivity index (χ3v) is 2.33. The summed E-state index contributed by atoms with van der Waals surface area (Å²) in [6, 6.07) is -0.662. The van der Waals surface area contributed by atoms with Crippen LogP contribution < -0.4 is 5.32 Å². The first-order valence-electron chi connectivity index (χ1n) is 5.02.